The Hall–Kier alpha value is -2.46. The molecule has 1 N–H and O–H groups in total. The molecule has 10 heteroatoms. The van der Waals surface area contributed by atoms with E-state index < -0.39 is 25.9 Å². The Morgan fingerprint density at radius 1 is 1.26 bits per heavy atom. The van der Waals surface area contributed by atoms with Gasteiger partial charge < -0.3 is 14.8 Å². The highest BCUT2D eigenvalue weighted by Gasteiger charge is 2.31. The zero-order valence-electron chi connectivity index (χ0n) is 22.9. The third-order valence-corrected chi connectivity index (χ3v) is 9.17. The number of hydrogen-bond donors (Lipinski definition) is 1. The highest BCUT2D eigenvalue weighted by Crippen LogP contribution is 2.37. The number of aryl methyl sites for hydroxylation is 1. The number of benzene rings is 2. The van der Waals surface area contributed by atoms with Gasteiger partial charge in [-0.1, -0.05) is 55.5 Å². The summed E-state index contributed by atoms with van der Waals surface area (Å²) in [7, 11) is 0.578. The molecule has 2 unspecified atom stereocenters. The number of anilines is 1. The van der Waals surface area contributed by atoms with Crippen LogP contribution in [0.15, 0.2) is 47.1 Å². The third-order valence-electron chi connectivity index (χ3n) is 6.67. The second kappa shape index (κ2) is 12.4. The molecule has 0 amide bonds. The van der Waals surface area contributed by atoms with E-state index in [-0.39, 0.29) is 23.1 Å². The normalized spacial score (nSPS) is 15.3. The van der Waals surface area contributed by atoms with Crippen LogP contribution in [0.5, 0.6) is 0 Å². The van der Waals surface area contributed by atoms with Crippen molar-refractivity contribution in [2.75, 3.05) is 25.1 Å². The zero-order chi connectivity index (χ0) is 28.3. The van der Waals surface area contributed by atoms with E-state index in [0.717, 1.165) is 23.9 Å². The molecule has 0 spiro atoms. The van der Waals surface area contributed by atoms with Gasteiger partial charge in [-0.25, -0.2) is 9.18 Å². The summed E-state index contributed by atoms with van der Waals surface area (Å²) in [6.45, 7) is 10.4. The van der Waals surface area contributed by atoms with Crippen LogP contribution < -0.4 is 5.32 Å². The number of hydrogen-bond acceptors (Lipinski definition) is 5. The third kappa shape index (κ3) is 7.00. The Bertz CT molecular complexity index is 1390. The van der Waals surface area contributed by atoms with Crippen LogP contribution in [0.1, 0.15) is 51.6 Å². The van der Waals surface area contributed by atoms with Crippen molar-refractivity contribution in [3.05, 3.63) is 85.9 Å². The average molecular weight is 635 g/mol. The SMILES string of the molecule is CCOC(=O)c1c(Br)nn(C)c1C(Nc1ccc2c(c1)C=CC2COCC[Si](C)(C)C)c1ccc(Cl)cc1F. The molecule has 6 nitrogen and oxygen atoms in total. The molecular weight excluding hydrogens is 601 g/mol. The Labute approximate surface area is 243 Å². The molecule has 1 aliphatic rings. The van der Waals surface area contributed by atoms with Crippen molar-refractivity contribution in [2.24, 2.45) is 7.05 Å². The van der Waals surface area contributed by atoms with E-state index in [1.807, 2.05) is 12.1 Å². The number of carbonyl (C=O) groups is 1. The molecule has 208 valence electrons. The second-order valence-corrected chi connectivity index (χ2v) is 17.6. The van der Waals surface area contributed by atoms with Gasteiger partial charge in [0.05, 0.1) is 24.9 Å². The van der Waals surface area contributed by atoms with Crippen LogP contribution in [-0.2, 0) is 16.5 Å². The van der Waals surface area contributed by atoms with Gasteiger partial charge in [-0.05, 0) is 64.3 Å². The predicted molar refractivity (Wildman–Crippen MR) is 161 cm³/mol. The van der Waals surface area contributed by atoms with E-state index in [0.29, 0.717) is 22.5 Å². The van der Waals surface area contributed by atoms with E-state index in [1.165, 1.54) is 11.6 Å². The molecule has 0 saturated heterocycles. The number of esters is 1. The average Bonchev–Trinajstić information content (AvgIpc) is 3.39. The monoisotopic (exact) mass is 633 g/mol. The minimum absolute atomic E-state index is 0.198. The number of nitrogens with zero attached hydrogens (tertiary/aromatic N) is 2. The van der Waals surface area contributed by atoms with Crippen molar-refractivity contribution in [3.8, 4) is 0 Å². The molecule has 39 heavy (non-hydrogen) atoms. The fraction of sp³-hybridized carbons (Fsp3) is 0.379. The largest absolute Gasteiger partial charge is 0.462 e. The number of nitrogens with one attached hydrogen (secondary N) is 1. The van der Waals surface area contributed by atoms with E-state index in [9.17, 15) is 4.79 Å². The predicted octanol–water partition coefficient (Wildman–Crippen LogP) is 7.82. The van der Waals surface area contributed by atoms with Crippen molar-refractivity contribution in [1.82, 2.24) is 9.78 Å². The summed E-state index contributed by atoms with van der Waals surface area (Å²) in [6.07, 6.45) is 4.26. The lowest BCUT2D eigenvalue weighted by atomic mass is 9.98. The van der Waals surface area contributed by atoms with Gasteiger partial charge in [0.15, 0.2) is 0 Å². The van der Waals surface area contributed by atoms with Crippen molar-refractivity contribution in [2.45, 2.75) is 44.6 Å². The van der Waals surface area contributed by atoms with Crippen LogP contribution >= 0.6 is 27.5 Å². The van der Waals surface area contributed by atoms with Gasteiger partial charge in [-0.3, -0.25) is 4.68 Å². The standard InChI is InChI=1S/C29H34BrClFN3O3Si/c1-6-38-29(36)25-27(35(2)34-28(25)30)26(23-11-9-20(31)16-24(23)32)33-21-10-12-22-18(15-21)7-8-19(22)17-37-13-14-39(3,4)5/h7-12,15-16,19,26,33H,6,13-14,17H2,1-5H3. The molecule has 0 saturated carbocycles. The van der Waals surface area contributed by atoms with Gasteiger partial charge in [0.25, 0.3) is 0 Å². The van der Waals surface area contributed by atoms with E-state index in [2.05, 4.69) is 64.2 Å². The maximum atomic E-state index is 15.3. The van der Waals surface area contributed by atoms with Gasteiger partial charge in [0, 0.05) is 43.9 Å². The molecular formula is C29H34BrClFN3O3Si. The topological polar surface area (TPSA) is 65.4 Å². The van der Waals surface area contributed by atoms with E-state index >= 15 is 4.39 Å². The molecule has 0 bridgehead atoms. The number of ether oxygens (including phenoxy) is 2. The van der Waals surface area contributed by atoms with E-state index in [4.69, 9.17) is 21.1 Å². The van der Waals surface area contributed by atoms with Gasteiger partial charge in [0.2, 0.25) is 0 Å². The first-order valence-corrected chi connectivity index (χ1v) is 17.9. The number of halogens is 3. The summed E-state index contributed by atoms with van der Waals surface area (Å²) < 4.78 is 28.5. The summed E-state index contributed by atoms with van der Waals surface area (Å²) in [6, 6.07) is 11.0. The van der Waals surface area contributed by atoms with Crippen LogP contribution in [0.4, 0.5) is 10.1 Å². The Morgan fingerprint density at radius 2 is 2.03 bits per heavy atom. The van der Waals surface area contributed by atoms with Crippen molar-refractivity contribution < 1.29 is 18.7 Å². The Balaban J connectivity index is 1.65. The smallest absolute Gasteiger partial charge is 0.342 e. The Morgan fingerprint density at radius 3 is 2.72 bits per heavy atom. The summed E-state index contributed by atoms with van der Waals surface area (Å²) in [5.41, 5.74) is 4.06. The number of rotatable bonds is 11. The van der Waals surface area contributed by atoms with Crippen molar-refractivity contribution >= 4 is 53.3 Å². The minimum Gasteiger partial charge on any atom is -0.462 e. The molecule has 2 atom stereocenters. The first kappa shape index (κ1) is 29.5. The molecule has 0 aliphatic heterocycles. The van der Waals surface area contributed by atoms with Gasteiger partial charge in [-0.2, -0.15) is 5.10 Å². The fourth-order valence-electron chi connectivity index (χ4n) is 4.63. The van der Waals surface area contributed by atoms with Crippen LogP contribution in [-0.4, -0.2) is 43.6 Å². The lowest BCUT2D eigenvalue weighted by Crippen LogP contribution is -2.22. The first-order valence-electron chi connectivity index (χ1n) is 13.0. The van der Waals surface area contributed by atoms with Gasteiger partial charge in [0.1, 0.15) is 16.0 Å². The maximum Gasteiger partial charge on any atom is 0.342 e. The molecule has 2 aromatic carbocycles. The highest BCUT2D eigenvalue weighted by molar-refractivity contribution is 9.10. The lowest BCUT2D eigenvalue weighted by Gasteiger charge is -2.23. The number of fused-ring (bicyclic) bond motifs is 1. The summed E-state index contributed by atoms with van der Waals surface area (Å²) in [5, 5.41) is 8.12. The Kier molecular flexibility index (Phi) is 9.36. The molecule has 0 fully saturated rings. The van der Waals surface area contributed by atoms with Crippen molar-refractivity contribution in [3.63, 3.8) is 0 Å². The first-order chi connectivity index (χ1) is 18.5. The molecule has 4 rings (SSSR count). The van der Waals surface area contributed by atoms with Crippen LogP contribution in [0, 0.1) is 5.82 Å². The minimum atomic E-state index is -1.13. The van der Waals surface area contributed by atoms with Crippen LogP contribution in [0.2, 0.25) is 30.7 Å². The molecule has 1 heterocycles. The highest BCUT2D eigenvalue weighted by atomic mass is 79.9. The van der Waals surface area contributed by atoms with Crippen LogP contribution in [0.25, 0.3) is 6.08 Å². The quantitative estimate of drug-likeness (QED) is 0.132. The number of aromatic nitrogens is 2. The summed E-state index contributed by atoms with van der Waals surface area (Å²) in [4.78, 5) is 12.9. The van der Waals surface area contributed by atoms with Gasteiger partial charge in [-0.15, -0.1) is 0 Å². The van der Waals surface area contributed by atoms with Gasteiger partial charge >= 0.3 is 5.97 Å². The van der Waals surface area contributed by atoms with Crippen LogP contribution in [0.3, 0.4) is 0 Å². The molecule has 0 radical (unpaired) electrons. The zero-order valence-corrected chi connectivity index (χ0v) is 26.2. The second-order valence-electron chi connectivity index (χ2n) is 10.8. The van der Waals surface area contributed by atoms with E-state index in [1.54, 1.807) is 30.8 Å². The maximum absolute atomic E-state index is 15.3. The molecule has 1 aromatic heterocycles. The molecule has 1 aliphatic carbocycles. The summed E-state index contributed by atoms with van der Waals surface area (Å²) in [5.74, 6) is -0.838. The lowest BCUT2D eigenvalue weighted by molar-refractivity contribution is 0.0523. The summed E-state index contributed by atoms with van der Waals surface area (Å²) >= 11 is 9.44. The fourth-order valence-corrected chi connectivity index (χ4v) is 6.14. The number of carbonyl (C=O) groups excluding carboxylic acids is 1. The van der Waals surface area contributed by atoms with Crippen molar-refractivity contribution in [1.29, 1.82) is 0 Å². The molecule has 3 aromatic rings.